The van der Waals surface area contributed by atoms with Gasteiger partial charge in [-0.15, -0.1) is 0 Å². The third kappa shape index (κ3) is 4.66. The first-order chi connectivity index (χ1) is 10.7. The number of piperidine rings is 1. The molecule has 0 saturated carbocycles. The van der Waals surface area contributed by atoms with Gasteiger partial charge in [0.2, 0.25) is 5.91 Å². The van der Waals surface area contributed by atoms with Crippen LogP contribution in [0.4, 0.5) is 10.6 Å². The van der Waals surface area contributed by atoms with Crippen molar-refractivity contribution in [2.75, 3.05) is 18.4 Å². The van der Waals surface area contributed by atoms with Gasteiger partial charge in [0.25, 0.3) is 0 Å². The third-order valence-electron chi connectivity index (χ3n) is 3.67. The average Bonchev–Trinajstić information content (AvgIpc) is 2.47. The van der Waals surface area contributed by atoms with Crippen LogP contribution in [-0.2, 0) is 9.53 Å². The van der Waals surface area contributed by atoms with Crippen LogP contribution in [0.15, 0.2) is 24.4 Å². The molecule has 0 radical (unpaired) electrons. The molecule has 2 heterocycles. The van der Waals surface area contributed by atoms with Gasteiger partial charge in [-0.3, -0.25) is 4.79 Å². The van der Waals surface area contributed by atoms with E-state index in [2.05, 4.69) is 10.3 Å². The summed E-state index contributed by atoms with van der Waals surface area (Å²) in [6, 6.07) is 5.27. The quantitative estimate of drug-likeness (QED) is 0.865. The fraction of sp³-hybridized carbons (Fsp3) is 0.562. The Kier molecular flexibility index (Phi) is 4.89. The van der Waals surface area contributed by atoms with Crippen LogP contribution in [0, 0.1) is 0 Å². The number of rotatable bonds is 2. The summed E-state index contributed by atoms with van der Waals surface area (Å²) in [4.78, 5) is 30.1. The molecule has 0 spiro atoms. The first-order valence-corrected chi connectivity index (χ1v) is 7.69. The molecule has 0 aromatic carbocycles. The summed E-state index contributed by atoms with van der Waals surface area (Å²) in [5.41, 5.74) is 4.68. The molecular formula is C16H24N4O3. The van der Waals surface area contributed by atoms with E-state index in [9.17, 15) is 9.59 Å². The maximum absolute atomic E-state index is 12.4. The summed E-state index contributed by atoms with van der Waals surface area (Å²) >= 11 is 0. The van der Waals surface area contributed by atoms with Gasteiger partial charge >= 0.3 is 6.09 Å². The molecule has 3 N–H and O–H groups in total. The predicted molar refractivity (Wildman–Crippen MR) is 86.8 cm³/mol. The van der Waals surface area contributed by atoms with E-state index in [0.29, 0.717) is 31.7 Å². The van der Waals surface area contributed by atoms with Crippen molar-refractivity contribution in [3.8, 4) is 0 Å². The molecule has 7 heteroatoms. The SMILES string of the molecule is CC(C)(C)OC(=O)N1CCC(N)(C(=O)Nc2ccccn2)CC1. The number of hydrogen-bond donors (Lipinski definition) is 2. The molecule has 0 unspecified atom stereocenters. The van der Waals surface area contributed by atoms with E-state index in [1.165, 1.54) is 0 Å². The van der Waals surface area contributed by atoms with Crippen LogP contribution >= 0.6 is 0 Å². The molecule has 0 aliphatic carbocycles. The number of nitrogens with zero attached hydrogens (tertiary/aromatic N) is 2. The number of nitrogens with one attached hydrogen (secondary N) is 1. The van der Waals surface area contributed by atoms with Crippen LogP contribution in [-0.4, -0.2) is 46.1 Å². The highest BCUT2D eigenvalue weighted by atomic mass is 16.6. The minimum Gasteiger partial charge on any atom is -0.444 e. The van der Waals surface area contributed by atoms with Gasteiger partial charge in [-0.1, -0.05) is 6.07 Å². The lowest BCUT2D eigenvalue weighted by atomic mass is 9.88. The van der Waals surface area contributed by atoms with Gasteiger partial charge in [-0.25, -0.2) is 9.78 Å². The number of pyridine rings is 1. The number of ether oxygens (including phenoxy) is 1. The highest BCUT2D eigenvalue weighted by molar-refractivity contribution is 5.97. The second-order valence-electron chi connectivity index (χ2n) is 6.79. The van der Waals surface area contributed by atoms with Crippen molar-refractivity contribution < 1.29 is 14.3 Å². The Balaban J connectivity index is 1.91. The Morgan fingerprint density at radius 1 is 1.30 bits per heavy atom. The Bertz CT molecular complexity index is 560. The summed E-state index contributed by atoms with van der Waals surface area (Å²) in [5, 5.41) is 2.72. The Morgan fingerprint density at radius 3 is 2.48 bits per heavy atom. The van der Waals surface area contributed by atoms with E-state index in [-0.39, 0.29) is 12.0 Å². The van der Waals surface area contributed by atoms with Gasteiger partial charge in [-0.2, -0.15) is 0 Å². The number of aromatic nitrogens is 1. The number of amides is 2. The molecule has 7 nitrogen and oxygen atoms in total. The first-order valence-electron chi connectivity index (χ1n) is 7.69. The van der Waals surface area contributed by atoms with E-state index in [4.69, 9.17) is 10.5 Å². The summed E-state index contributed by atoms with van der Waals surface area (Å²) in [6.07, 6.45) is 1.99. The maximum Gasteiger partial charge on any atom is 0.410 e. The van der Waals surface area contributed by atoms with Gasteiger partial charge in [0.15, 0.2) is 0 Å². The molecular weight excluding hydrogens is 296 g/mol. The summed E-state index contributed by atoms with van der Waals surface area (Å²) < 4.78 is 5.34. The number of likely N-dealkylation sites (tertiary alicyclic amines) is 1. The molecule has 126 valence electrons. The van der Waals surface area contributed by atoms with Crippen LogP contribution in [0.5, 0.6) is 0 Å². The van der Waals surface area contributed by atoms with Crippen molar-refractivity contribution in [1.29, 1.82) is 0 Å². The zero-order chi connectivity index (χ0) is 17.1. The highest BCUT2D eigenvalue weighted by Gasteiger charge is 2.39. The number of nitrogens with two attached hydrogens (primary N) is 1. The molecule has 2 rings (SSSR count). The lowest BCUT2D eigenvalue weighted by Crippen LogP contribution is -2.58. The summed E-state index contributed by atoms with van der Waals surface area (Å²) in [5.74, 6) is 0.192. The zero-order valence-corrected chi connectivity index (χ0v) is 13.8. The zero-order valence-electron chi connectivity index (χ0n) is 13.8. The minimum absolute atomic E-state index is 0.278. The van der Waals surface area contributed by atoms with Gasteiger partial charge in [0, 0.05) is 19.3 Å². The van der Waals surface area contributed by atoms with Crippen LogP contribution in [0.25, 0.3) is 0 Å². The fourth-order valence-corrected chi connectivity index (χ4v) is 2.32. The Hall–Kier alpha value is -2.15. The third-order valence-corrected chi connectivity index (χ3v) is 3.67. The van der Waals surface area contributed by atoms with Crippen LogP contribution in [0.1, 0.15) is 33.6 Å². The average molecular weight is 320 g/mol. The van der Waals surface area contributed by atoms with Crippen molar-refractivity contribution in [2.45, 2.75) is 44.8 Å². The number of carbonyl (C=O) groups is 2. The summed E-state index contributed by atoms with van der Waals surface area (Å²) in [7, 11) is 0. The Morgan fingerprint density at radius 2 is 1.96 bits per heavy atom. The van der Waals surface area contributed by atoms with Crippen molar-refractivity contribution in [1.82, 2.24) is 9.88 Å². The highest BCUT2D eigenvalue weighted by Crippen LogP contribution is 2.23. The van der Waals surface area contributed by atoms with E-state index in [0.717, 1.165) is 0 Å². The van der Waals surface area contributed by atoms with Crippen LogP contribution < -0.4 is 11.1 Å². The smallest absolute Gasteiger partial charge is 0.410 e. The monoisotopic (exact) mass is 320 g/mol. The van der Waals surface area contributed by atoms with Gasteiger partial charge in [0.05, 0.1) is 5.54 Å². The number of carbonyl (C=O) groups excluding carboxylic acids is 2. The molecule has 1 aliphatic heterocycles. The molecule has 23 heavy (non-hydrogen) atoms. The van der Waals surface area contributed by atoms with E-state index < -0.39 is 11.1 Å². The van der Waals surface area contributed by atoms with E-state index >= 15 is 0 Å². The number of hydrogen-bond acceptors (Lipinski definition) is 5. The normalized spacial score (nSPS) is 17.5. The second-order valence-corrected chi connectivity index (χ2v) is 6.79. The van der Waals surface area contributed by atoms with Crippen molar-refractivity contribution in [3.05, 3.63) is 24.4 Å². The van der Waals surface area contributed by atoms with Crippen LogP contribution in [0.2, 0.25) is 0 Å². The lowest BCUT2D eigenvalue weighted by molar-refractivity contribution is -0.122. The van der Waals surface area contributed by atoms with Gasteiger partial charge in [0.1, 0.15) is 11.4 Å². The molecule has 1 aliphatic rings. The fourth-order valence-electron chi connectivity index (χ4n) is 2.32. The topological polar surface area (TPSA) is 97.5 Å². The van der Waals surface area contributed by atoms with Crippen molar-refractivity contribution in [3.63, 3.8) is 0 Å². The lowest BCUT2D eigenvalue weighted by Gasteiger charge is -2.38. The molecule has 1 saturated heterocycles. The standard InChI is InChI=1S/C16H24N4O3/c1-15(2,3)23-14(22)20-10-7-16(17,8-11-20)13(21)19-12-6-4-5-9-18-12/h4-6,9H,7-8,10-11,17H2,1-3H3,(H,18,19,21). The molecule has 0 atom stereocenters. The van der Waals surface area contributed by atoms with Crippen molar-refractivity contribution in [2.24, 2.45) is 5.73 Å². The van der Waals surface area contributed by atoms with Crippen molar-refractivity contribution >= 4 is 17.8 Å². The maximum atomic E-state index is 12.4. The second kappa shape index (κ2) is 6.54. The number of anilines is 1. The van der Waals surface area contributed by atoms with Gasteiger partial charge < -0.3 is 20.7 Å². The first kappa shape index (κ1) is 17.2. The predicted octanol–water partition coefficient (Wildman–Crippen LogP) is 1.75. The Labute approximate surface area is 136 Å². The van der Waals surface area contributed by atoms with E-state index in [1.807, 2.05) is 20.8 Å². The molecule has 0 bridgehead atoms. The molecule has 1 fully saturated rings. The van der Waals surface area contributed by atoms with Gasteiger partial charge in [-0.05, 0) is 45.7 Å². The molecule has 1 aromatic rings. The summed E-state index contributed by atoms with van der Waals surface area (Å²) in [6.45, 7) is 6.25. The molecule has 1 aromatic heterocycles. The van der Waals surface area contributed by atoms with Crippen LogP contribution in [0.3, 0.4) is 0 Å². The molecule has 2 amide bonds. The van der Waals surface area contributed by atoms with E-state index in [1.54, 1.807) is 29.3 Å². The minimum atomic E-state index is -1.00. The largest absolute Gasteiger partial charge is 0.444 e.